The normalized spacial score (nSPS) is 11.9. The molecule has 0 aliphatic rings. The molecule has 8 heteroatoms. The predicted octanol–water partition coefficient (Wildman–Crippen LogP) is 3.74. The van der Waals surface area contributed by atoms with E-state index in [4.69, 9.17) is 4.74 Å². The van der Waals surface area contributed by atoms with Gasteiger partial charge in [0.05, 0.1) is 25.1 Å². The molecule has 0 bridgehead atoms. The summed E-state index contributed by atoms with van der Waals surface area (Å²) < 4.78 is 20.5. The van der Waals surface area contributed by atoms with Crippen molar-refractivity contribution in [2.45, 2.75) is 6.92 Å². The van der Waals surface area contributed by atoms with Crippen molar-refractivity contribution >= 4 is 29.1 Å². The quantitative estimate of drug-likeness (QED) is 0.474. The standard InChI is InChI=1S/C21H21FN4O2S/c1-15(27)25-19-8-6-16(7-9-19)13-24-26-20(17-4-3-5-18(22)12-17)14-29-21(26)23-10-11-28-2/h3-9,12-14H,10-11H2,1-2H3,(H,25,27)/b23-21?,24-13-. The van der Waals surface area contributed by atoms with Crippen LogP contribution in [0.5, 0.6) is 0 Å². The maximum atomic E-state index is 13.7. The summed E-state index contributed by atoms with van der Waals surface area (Å²) in [5, 5.41) is 9.20. The molecule has 0 saturated carbocycles. The van der Waals surface area contributed by atoms with Gasteiger partial charge in [0.25, 0.3) is 0 Å². The lowest BCUT2D eigenvalue weighted by Crippen LogP contribution is -2.13. The van der Waals surface area contributed by atoms with E-state index in [-0.39, 0.29) is 11.7 Å². The molecule has 0 saturated heterocycles. The van der Waals surface area contributed by atoms with Crippen molar-refractivity contribution in [1.29, 1.82) is 0 Å². The van der Waals surface area contributed by atoms with Crippen molar-refractivity contribution in [3.63, 3.8) is 0 Å². The summed E-state index contributed by atoms with van der Waals surface area (Å²) in [5.41, 5.74) is 3.03. The van der Waals surface area contributed by atoms with E-state index in [0.717, 1.165) is 11.3 Å². The van der Waals surface area contributed by atoms with Crippen LogP contribution in [-0.2, 0) is 9.53 Å². The molecule has 1 N–H and O–H groups in total. The first-order chi connectivity index (χ1) is 14.1. The Morgan fingerprint density at radius 3 is 2.76 bits per heavy atom. The highest BCUT2D eigenvalue weighted by Crippen LogP contribution is 2.21. The fourth-order valence-corrected chi connectivity index (χ4v) is 3.44. The molecule has 1 aromatic heterocycles. The first-order valence-corrected chi connectivity index (χ1v) is 9.82. The van der Waals surface area contributed by atoms with Crippen molar-refractivity contribution in [3.05, 3.63) is 70.1 Å². The number of aromatic nitrogens is 1. The number of ether oxygens (including phenoxy) is 1. The number of carbonyl (C=O) groups excluding carboxylic acids is 1. The summed E-state index contributed by atoms with van der Waals surface area (Å²) in [6, 6.07) is 13.7. The van der Waals surface area contributed by atoms with Crippen molar-refractivity contribution in [3.8, 4) is 11.3 Å². The number of amides is 1. The van der Waals surface area contributed by atoms with Crippen LogP contribution in [0, 0.1) is 5.82 Å². The van der Waals surface area contributed by atoms with Gasteiger partial charge in [-0.3, -0.25) is 9.79 Å². The zero-order valence-corrected chi connectivity index (χ0v) is 16.9. The molecule has 1 heterocycles. The number of hydrogen-bond donors (Lipinski definition) is 1. The average molecular weight is 412 g/mol. The summed E-state index contributed by atoms with van der Waals surface area (Å²) in [6.45, 7) is 2.47. The first-order valence-electron chi connectivity index (χ1n) is 8.95. The Morgan fingerprint density at radius 2 is 2.07 bits per heavy atom. The van der Waals surface area contributed by atoms with Gasteiger partial charge in [-0.25, -0.2) is 9.07 Å². The third-order valence-electron chi connectivity index (χ3n) is 3.90. The van der Waals surface area contributed by atoms with Crippen molar-refractivity contribution in [1.82, 2.24) is 4.68 Å². The van der Waals surface area contributed by atoms with E-state index in [2.05, 4.69) is 15.4 Å². The van der Waals surface area contributed by atoms with Crippen molar-refractivity contribution in [2.75, 3.05) is 25.6 Å². The molecular weight excluding hydrogens is 391 g/mol. The van der Waals surface area contributed by atoms with Crippen LogP contribution < -0.4 is 10.1 Å². The van der Waals surface area contributed by atoms with Gasteiger partial charge in [0.1, 0.15) is 5.82 Å². The number of thiazole rings is 1. The lowest BCUT2D eigenvalue weighted by molar-refractivity contribution is -0.114. The Morgan fingerprint density at radius 1 is 1.28 bits per heavy atom. The highest BCUT2D eigenvalue weighted by atomic mass is 32.1. The summed E-state index contributed by atoms with van der Waals surface area (Å²) in [4.78, 5) is 16.3. The minimum Gasteiger partial charge on any atom is -0.383 e. The van der Waals surface area contributed by atoms with Gasteiger partial charge in [0.15, 0.2) is 0 Å². The molecule has 6 nitrogen and oxygen atoms in total. The number of anilines is 1. The van der Waals surface area contributed by atoms with Crippen molar-refractivity contribution < 1.29 is 13.9 Å². The third kappa shape index (κ3) is 5.69. The fourth-order valence-electron chi connectivity index (χ4n) is 2.58. The van der Waals surface area contributed by atoms with E-state index < -0.39 is 0 Å². The number of benzene rings is 2. The Hall–Kier alpha value is -3.10. The molecule has 0 aliphatic carbocycles. The average Bonchev–Trinajstić information content (AvgIpc) is 3.10. The van der Waals surface area contributed by atoms with Crippen LogP contribution in [0.3, 0.4) is 0 Å². The molecular formula is C21H21FN4O2S. The topological polar surface area (TPSA) is 68.0 Å². The third-order valence-corrected chi connectivity index (χ3v) is 4.76. The van der Waals surface area contributed by atoms with Crippen molar-refractivity contribution in [2.24, 2.45) is 10.1 Å². The maximum absolute atomic E-state index is 13.7. The maximum Gasteiger partial charge on any atom is 0.221 e. The Balaban J connectivity index is 1.95. The van der Waals surface area contributed by atoms with E-state index in [0.29, 0.717) is 29.2 Å². The fraction of sp³-hybridized carbons (Fsp3) is 0.190. The van der Waals surface area contributed by atoms with Crippen LogP contribution in [-0.4, -0.2) is 37.1 Å². The van der Waals surface area contributed by atoms with Gasteiger partial charge in [0, 0.05) is 30.7 Å². The van der Waals surface area contributed by atoms with Gasteiger partial charge in [-0.1, -0.05) is 24.3 Å². The van der Waals surface area contributed by atoms with Gasteiger partial charge in [-0.2, -0.15) is 5.10 Å². The molecule has 29 heavy (non-hydrogen) atoms. The molecule has 3 aromatic rings. The second kappa shape index (κ2) is 9.90. The van der Waals surface area contributed by atoms with Crippen LogP contribution in [0.15, 0.2) is 64.0 Å². The SMILES string of the molecule is COCCN=c1scc(-c2cccc(F)c2)n1/N=C\c1ccc(NC(C)=O)cc1. The molecule has 150 valence electrons. The van der Waals surface area contributed by atoms with Gasteiger partial charge in [0.2, 0.25) is 10.7 Å². The van der Waals surface area contributed by atoms with E-state index in [1.807, 2.05) is 23.6 Å². The molecule has 0 unspecified atom stereocenters. The second-order valence-corrected chi connectivity index (χ2v) is 6.98. The molecule has 1 amide bonds. The molecule has 2 aromatic carbocycles. The molecule has 0 fully saturated rings. The number of rotatable bonds is 7. The summed E-state index contributed by atoms with van der Waals surface area (Å²) >= 11 is 1.43. The van der Waals surface area contributed by atoms with Gasteiger partial charge >= 0.3 is 0 Å². The predicted molar refractivity (Wildman–Crippen MR) is 114 cm³/mol. The molecule has 0 aliphatic heterocycles. The number of hydrogen-bond acceptors (Lipinski definition) is 5. The van der Waals surface area contributed by atoms with E-state index >= 15 is 0 Å². The molecule has 3 rings (SSSR count). The summed E-state index contributed by atoms with van der Waals surface area (Å²) in [5.74, 6) is -0.432. The Bertz CT molecular complexity index is 1070. The number of nitrogens with zero attached hydrogens (tertiary/aromatic N) is 3. The van der Waals surface area contributed by atoms with Gasteiger partial charge in [-0.15, -0.1) is 11.3 Å². The van der Waals surface area contributed by atoms with E-state index in [1.54, 1.807) is 36.2 Å². The second-order valence-electron chi connectivity index (χ2n) is 6.15. The lowest BCUT2D eigenvalue weighted by atomic mass is 10.2. The summed E-state index contributed by atoms with van der Waals surface area (Å²) in [7, 11) is 1.62. The minimum absolute atomic E-state index is 0.123. The lowest BCUT2D eigenvalue weighted by Gasteiger charge is -2.04. The zero-order chi connectivity index (χ0) is 20.6. The first kappa shape index (κ1) is 20.6. The largest absolute Gasteiger partial charge is 0.383 e. The van der Waals surface area contributed by atoms with Gasteiger partial charge in [-0.05, 0) is 29.8 Å². The molecule has 0 radical (unpaired) electrons. The van der Waals surface area contributed by atoms with Gasteiger partial charge < -0.3 is 10.1 Å². The highest BCUT2D eigenvalue weighted by Gasteiger charge is 2.08. The van der Waals surface area contributed by atoms with Crippen LogP contribution in [0.2, 0.25) is 0 Å². The Labute approximate surface area is 172 Å². The minimum atomic E-state index is -0.310. The van der Waals surface area contributed by atoms with Crippen LogP contribution in [0.1, 0.15) is 12.5 Å². The number of nitrogens with one attached hydrogen (secondary N) is 1. The number of methoxy groups -OCH3 is 1. The van der Waals surface area contributed by atoms with E-state index in [1.165, 1.54) is 30.4 Å². The van der Waals surface area contributed by atoms with Crippen LogP contribution in [0.25, 0.3) is 11.3 Å². The highest BCUT2D eigenvalue weighted by molar-refractivity contribution is 7.07. The number of halogens is 1. The smallest absolute Gasteiger partial charge is 0.221 e. The zero-order valence-electron chi connectivity index (χ0n) is 16.1. The summed E-state index contributed by atoms with van der Waals surface area (Å²) in [6.07, 6.45) is 1.70. The van der Waals surface area contributed by atoms with Crippen LogP contribution >= 0.6 is 11.3 Å². The van der Waals surface area contributed by atoms with Crippen LogP contribution in [0.4, 0.5) is 10.1 Å². The monoisotopic (exact) mass is 412 g/mol. The Kier molecular flexibility index (Phi) is 7.04. The molecule has 0 atom stereocenters. The molecule has 0 spiro atoms. The number of carbonyl (C=O) groups is 1. The van der Waals surface area contributed by atoms with E-state index in [9.17, 15) is 9.18 Å².